The van der Waals surface area contributed by atoms with Crippen LogP contribution in [0.4, 0.5) is 0 Å². The van der Waals surface area contributed by atoms with Crippen molar-refractivity contribution in [2.45, 2.75) is 65.2 Å². The van der Waals surface area contributed by atoms with E-state index in [-0.39, 0.29) is 0 Å². The van der Waals surface area contributed by atoms with E-state index < -0.39 is 0 Å². The summed E-state index contributed by atoms with van der Waals surface area (Å²) < 4.78 is 0. The highest BCUT2D eigenvalue weighted by Gasteiger charge is 2.35. The summed E-state index contributed by atoms with van der Waals surface area (Å²) in [5.74, 6) is 0.771. The number of rotatable bonds is 2. The number of aryl methyl sites for hydroxylation is 2. The zero-order valence-electron chi connectivity index (χ0n) is 13.9. The third-order valence-corrected chi connectivity index (χ3v) is 5.73. The van der Waals surface area contributed by atoms with Gasteiger partial charge in [-0.25, -0.2) is 0 Å². The van der Waals surface area contributed by atoms with Gasteiger partial charge in [-0.2, -0.15) is 0 Å². The maximum Gasteiger partial charge on any atom is 0.0708 e. The average Bonchev–Trinajstić information content (AvgIpc) is 2.49. The van der Waals surface area contributed by atoms with Gasteiger partial charge >= 0.3 is 0 Å². The van der Waals surface area contributed by atoms with Crippen molar-refractivity contribution in [1.82, 2.24) is 4.98 Å². The van der Waals surface area contributed by atoms with Crippen LogP contribution in [0.1, 0.15) is 63.3 Å². The van der Waals surface area contributed by atoms with Crippen molar-refractivity contribution in [3.05, 3.63) is 41.1 Å². The van der Waals surface area contributed by atoms with Crippen molar-refractivity contribution in [2.24, 2.45) is 5.92 Å². The minimum atomic E-state index is 0.336. The number of hydrogen-bond acceptors (Lipinski definition) is 1. The number of hydrogen-bond donors (Lipinski definition) is 0. The van der Waals surface area contributed by atoms with Gasteiger partial charge in [-0.15, -0.1) is 0 Å². The molecule has 1 aliphatic carbocycles. The SMILES string of the molecule is CCc1cc(C)nc2ccc(C3(C)CCCCC3C)cc12. The molecule has 1 saturated carbocycles. The summed E-state index contributed by atoms with van der Waals surface area (Å²) >= 11 is 0. The minimum absolute atomic E-state index is 0.336. The first-order valence-electron chi connectivity index (χ1n) is 8.45. The maximum atomic E-state index is 4.71. The molecule has 1 heterocycles. The first kappa shape index (κ1) is 14.6. The first-order valence-corrected chi connectivity index (χ1v) is 8.45. The molecule has 21 heavy (non-hydrogen) atoms. The molecule has 112 valence electrons. The third kappa shape index (κ3) is 2.47. The highest BCUT2D eigenvalue weighted by atomic mass is 14.7. The van der Waals surface area contributed by atoms with Gasteiger partial charge in [0.15, 0.2) is 0 Å². The molecule has 2 unspecified atom stereocenters. The molecule has 0 N–H and O–H groups in total. The molecule has 1 fully saturated rings. The predicted molar refractivity (Wildman–Crippen MR) is 90.8 cm³/mol. The Kier molecular flexibility index (Phi) is 3.77. The zero-order chi connectivity index (χ0) is 15.0. The van der Waals surface area contributed by atoms with Crippen LogP contribution in [0.15, 0.2) is 24.3 Å². The van der Waals surface area contributed by atoms with Crippen molar-refractivity contribution in [3.8, 4) is 0 Å². The fourth-order valence-corrected chi connectivity index (χ4v) is 4.03. The monoisotopic (exact) mass is 281 g/mol. The summed E-state index contributed by atoms with van der Waals surface area (Å²) in [6, 6.07) is 9.25. The largest absolute Gasteiger partial charge is 0.253 e. The third-order valence-electron chi connectivity index (χ3n) is 5.73. The van der Waals surface area contributed by atoms with E-state index in [4.69, 9.17) is 4.98 Å². The van der Waals surface area contributed by atoms with Crippen LogP contribution < -0.4 is 0 Å². The van der Waals surface area contributed by atoms with Crippen molar-refractivity contribution in [1.29, 1.82) is 0 Å². The number of benzene rings is 1. The molecule has 0 aliphatic heterocycles. The van der Waals surface area contributed by atoms with Crippen LogP contribution in [0.5, 0.6) is 0 Å². The Morgan fingerprint density at radius 1 is 1.24 bits per heavy atom. The van der Waals surface area contributed by atoms with Crippen molar-refractivity contribution >= 4 is 10.9 Å². The molecule has 1 nitrogen and oxygen atoms in total. The average molecular weight is 281 g/mol. The van der Waals surface area contributed by atoms with Crippen molar-refractivity contribution in [2.75, 3.05) is 0 Å². The second-order valence-corrected chi connectivity index (χ2v) is 7.07. The van der Waals surface area contributed by atoms with Gasteiger partial charge in [0.25, 0.3) is 0 Å². The summed E-state index contributed by atoms with van der Waals surface area (Å²) in [5, 5.41) is 1.36. The van der Waals surface area contributed by atoms with Crippen LogP contribution >= 0.6 is 0 Å². The first-order chi connectivity index (χ1) is 10.0. The standard InChI is InChI=1S/C20H27N/c1-5-16-12-15(3)21-19-10-9-17(13-18(16)19)20(4)11-7-6-8-14(20)2/h9-10,12-14H,5-8,11H2,1-4H3. The lowest BCUT2D eigenvalue weighted by atomic mass is 9.64. The summed E-state index contributed by atoms with van der Waals surface area (Å²) in [6.07, 6.45) is 6.52. The Bertz CT molecular complexity index is 658. The van der Waals surface area contributed by atoms with Gasteiger partial charge in [-0.1, -0.05) is 39.7 Å². The molecular weight excluding hydrogens is 254 g/mol. The molecular formula is C20H27N. The molecule has 2 atom stereocenters. The van der Waals surface area contributed by atoms with Crippen molar-refractivity contribution < 1.29 is 0 Å². The summed E-state index contributed by atoms with van der Waals surface area (Å²) in [4.78, 5) is 4.71. The fraction of sp³-hybridized carbons (Fsp3) is 0.550. The topological polar surface area (TPSA) is 12.9 Å². The lowest BCUT2D eigenvalue weighted by Crippen LogP contribution is -2.33. The molecule has 2 aromatic rings. The van der Waals surface area contributed by atoms with Crippen LogP contribution in [0.25, 0.3) is 10.9 Å². The lowest BCUT2D eigenvalue weighted by molar-refractivity contribution is 0.221. The molecule has 0 bridgehead atoms. The highest BCUT2D eigenvalue weighted by Crippen LogP contribution is 2.44. The van der Waals surface area contributed by atoms with Gasteiger partial charge < -0.3 is 0 Å². The molecule has 0 spiro atoms. The summed E-state index contributed by atoms with van der Waals surface area (Å²) in [7, 11) is 0. The van der Waals surface area contributed by atoms with Gasteiger partial charge in [0, 0.05) is 11.1 Å². The molecule has 1 heteroatoms. The van der Waals surface area contributed by atoms with E-state index in [9.17, 15) is 0 Å². The summed E-state index contributed by atoms with van der Waals surface area (Å²) in [6.45, 7) is 9.23. The van der Waals surface area contributed by atoms with Gasteiger partial charge in [-0.3, -0.25) is 4.98 Å². The second kappa shape index (κ2) is 5.44. The van der Waals surface area contributed by atoms with Crippen LogP contribution in [0.3, 0.4) is 0 Å². The molecule has 1 aromatic carbocycles. The van der Waals surface area contributed by atoms with Crippen LogP contribution in [0, 0.1) is 12.8 Å². The Balaban J connectivity index is 2.14. The fourth-order valence-electron chi connectivity index (χ4n) is 4.03. The van der Waals surface area contributed by atoms with Gasteiger partial charge in [0.1, 0.15) is 0 Å². The zero-order valence-corrected chi connectivity index (χ0v) is 13.9. The van der Waals surface area contributed by atoms with E-state index in [2.05, 4.69) is 52.0 Å². The second-order valence-electron chi connectivity index (χ2n) is 7.07. The normalized spacial score (nSPS) is 26.2. The maximum absolute atomic E-state index is 4.71. The van der Waals surface area contributed by atoms with Crippen LogP contribution in [-0.4, -0.2) is 4.98 Å². The van der Waals surface area contributed by atoms with Crippen LogP contribution in [-0.2, 0) is 11.8 Å². The predicted octanol–water partition coefficient (Wildman–Crippen LogP) is 5.57. The van der Waals surface area contributed by atoms with E-state index in [1.807, 2.05) is 0 Å². The van der Waals surface area contributed by atoms with E-state index in [0.29, 0.717) is 5.41 Å². The molecule has 0 amide bonds. The molecule has 0 saturated heterocycles. The van der Waals surface area contributed by atoms with Gasteiger partial charge in [0.2, 0.25) is 0 Å². The number of nitrogens with zero attached hydrogens (tertiary/aromatic N) is 1. The smallest absolute Gasteiger partial charge is 0.0708 e. The molecule has 0 radical (unpaired) electrons. The quantitative estimate of drug-likeness (QED) is 0.701. The van der Waals surface area contributed by atoms with Gasteiger partial charge in [-0.05, 0) is 66.8 Å². The lowest BCUT2D eigenvalue weighted by Gasteiger charge is -2.40. The minimum Gasteiger partial charge on any atom is -0.253 e. The number of pyridine rings is 1. The Morgan fingerprint density at radius 3 is 2.76 bits per heavy atom. The molecule has 1 aromatic heterocycles. The highest BCUT2D eigenvalue weighted by molar-refractivity contribution is 5.83. The van der Waals surface area contributed by atoms with E-state index in [1.54, 1.807) is 0 Å². The Hall–Kier alpha value is -1.37. The molecule has 3 rings (SSSR count). The number of fused-ring (bicyclic) bond motifs is 1. The number of aromatic nitrogens is 1. The Morgan fingerprint density at radius 2 is 2.05 bits per heavy atom. The Labute approximate surface area is 128 Å². The van der Waals surface area contributed by atoms with Crippen LogP contribution in [0.2, 0.25) is 0 Å². The summed E-state index contributed by atoms with van der Waals surface area (Å²) in [5.41, 5.74) is 5.57. The van der Waals surface area contributed by atoms with E-state index >= 15 is 0 Å². The van der Waals surface area contributed by atoms with Crippen molar-refractivity contribution in [3.63, 3.8) is 0 Å². The van der Waals surface area contributed by atoms with E-state index in [0.717, 1.165) is 23.5 Å². The van der Waals surface area contributed by atoms with E-state index in [1.165, 1.54) is 42.2 Å². The molecule has 1 aliphatic rings. The van der Waals surface area contributed by atoms with Gasteiger partial charge in [0.05, 0.1) is 5.52 Å².